The Morgan fingerprint density at radius 1 is 1.42 bits per heavy atom. The van der Waals surface area contributed by atoms with E-state index in [2.05, 4.69) is 12.0 Å². The third-order valence-corrected chi connectivity index (χ3v) is 4.74. The molecule has 2 atom stereocenters. The van der Waals surface area contributed by atoms with Crippen molar-refractivity contribution < 1.29 is 23.1 Å². The molecule has 8 heteroatoms. The quantitative estimate of drug-likeness (QED) is 0.890. The number of hydrogen-bond donors (Lipinski definition) is 1. The third-order valence-electron chi connectivity index (χ3n) is 4.74. The van der Waals surface area contributed by atoms with Crippen LogP contribution in [0.25, 0.3) is 0 Å². The second kappa shape index (κ2) is 7.55. The molecule has 24 heavy (non-hydrogen) atoms. The van der Waals surface area contributed by atoms with Crippen LogP contribution in [0.4, 0.5) is 13.2 Å². The van der Waals surface area contributed by atoms with E-state index in [4.69, 9.17) is 5.11 Å². The van der Waals surface area contributed by atoms with Crippen LogP contribution in [-0.4, -0.2) is 45.4 Å². The Kier molecular flexibility index (Phi) is 5.90. The van der Waals surface area contributed by atoms with E-state index in [1.165, 1.54) is 6.20 Å². The number of aliphatic hydroxyl groups is 1. The molecule has 0 bridgehead atoms. The van der Waals surface area contributed by atoms with Gasteiger partial charge in [0.05, 0.1) is 0 Å². The Balaban J connectivity index is 2.10. The van der Waals surface area contributed by atoms with Gasteiger partial charge in [-0.15, -0.1) is 0 Å². The van der Waals surface area contributed by atoms with E-state index in [-0.39, 0.29) is 30.5 Å². The summed E-state index contributed by atoms with van der Waals surface area (Å²) in [6.45, 7) is 1.47. The summed E-state index contributed by atoms with van der Waals surface area (Å²) in [7, 11) is 1.71. The molecule has 1 aromatic heterocycles. The molecule has 0 saturated heterocycles. The van der Waals surface area contributed by atoms with Crippen molar-refractivity contribution in [3.8, 4) is 0 Å². The van der Waals surface area contributed by atoms with Gasteiger partial charge in [-0.2, -0.15) is 18.3 Å². The van der Waals surface area contributed by atoms with Gasteiger partial charge < -0.3 is 10.0 Å². The predicted octanol–water partition coefficient (Wildman–Crippen LogP) is 2.47. The molecule has 1 aromatic rings. The van der Waals surface area contributed by atoms with E-state index in [9.17, 15) is 18.0 Å². The normalized spacial score (nSPS) is 21.8. The van der Waals surface area contributed by atoms with Gasteiger partial charge in [0.1, 0.15) is 6.54 Å². The zero-order valence-electron chi connectivity index (χ0n) is 14.0. The molecule has 1 heterocycles. The molecule has 1 N–H and O–H groups in total. The van der Waals surface area contributed by atoms with Crippen molar-refractivity contribution in [2.75, 3.05) is 13.7 Å². The first-order valence-electron chi connectivity index (χ1n) is 8.24. The fraction of sp³-hybridized carbons (Fsp3) is 0.750. The number of rotatable bonds is 5. The van der Waals surface area contributed by atoms with Gasteiger partial charge in [-0.3, -0.25) is 9.48 Å². The van der Waals surface area contributed by atoms with E-state index in [1.807, 2.05) is 0 Å². The van der Waals surface area contributed by atoms with Crippen molar-refractivity contribution in [1.82, 2.24) is 14.7 Å². The van der Waals surface area contributed by atoms with Crippen LogP contribution >= 0.6 is 0 Å². The number of nitrogens with zero attached hydrogens (tertiary/aromatic N) is 3. The predicted molar refractivity (Wildman–Crippen MR) is 82.2 cm³/mol. The van der Waals surface area contributed by atoms with Crippen LogP contribution in [0.15, 0.2) is 6.20 Å². The van der Waals surface area contributed by atoms with Gasteiger partial charge in [-0.05, 0) is 25.2 Å². The minimum Gasteiger partial charge on any atom is -0.396 e. The standard InChI is InChI=1S/C16H24F3N3O2/c1-11-5-3-4-6-13(11)21(2)14(24)10-22-9-12(7-8-23)15(20-22)16(17,18)19/h9,11,13,23H,3-8,10H2,1-2H3. The first-order chi connectivity index (χ1) is 11.2. The Hall–Kier alpha value is -1.57. The van der Waals surface area contributed by atoms with Crippen molar-refractivity contribution in [1.29, 1.82) is 0 Å². The van der Waals surface area contributed by atoms with Crippen LogP contribution in [0.5, 0.6) is 0 Å². The minimum atomic E-state index is -4.59. The van der Waals surface area contributed by atoms with Crippen LogP contribution in [0.3, 0.4) is 0 Å². The SMILES string of the molecule is CC1CCCCC1N(C)C(=O)Cn1cc(CCO)c(C(F)(F)F)n1. The molecule has 2 rings (SSSR count). The Bertz CT molecular complexity index is 571. The summed E-state index contributed by atoms with van der Waals surface area (Å²) in [6, 6.07) is 0.126. The highest BCUT2D eigenvalue weighted by Crippen LogP contribution is 2.31. The number of aromatic nitrogens is 2. The molecular weight excluding hydrogens is 323 g/mol. The van der Waals surface area contributed by atoms with Gasteiger partial charge in [-0.1, -0.05) is 19.8 Å². The average molecular weight is 347 g/mol. The molecule has 1 amide bonds. The maximum Gasteiger partial charge on any atom is 0.435 e. The van der Waals surface area contributed by atoms with Crippen molar-refractivity contribution in [2.24, 2.45) is 5.92 Å². The molecule has 0 spiro atoms. The summed E-state index contributed by atoms with van der Waals surface area (Å²) in [5, 5.41) is 12.4. The number of carbonyl (C=O) groups is 1. The lowest BCUT2D eigenvalue weighted by Crippen LogP contribution is -2.44. The van der Waals surface area contributed by atoms with Crippen LogP contribution in [0.2, 0.25) is 0 Å². The van der Waals surface area contributed by atoms with E-state index >= 15 is 0 Å². The Labute approximate surface area is 139 Å². The van der Waals surface area contributed by atoms with Gasteiger partial charge >= 0.3 is 6.18 Å². The maximum atomic E-state index is 13.0. The minimum absolute atomic E-state index is 0.0912. The Morgan fingerprint density at radius 3 is 2.67 bits per heavy atom. The summed E-state index contributed by atoms with van der Waals surface area (Å²) in [6.07, 6.45) is 0.663. The summed E-state index contributed by atoms with van der Waals surface area (Å²) in [5.74, 6) is 0.140. The number of likely N-dealkylation sites (N-methyl/N-ethyl adjacent to an activating group) is 1. The largest absolute Gasteiger partial charge is 0.435 e. The molecule has 1 fully saturated rings. The maximum absolute atomic E-state index is 13.0. The Morgan fingerprint density at radius 2 is 2.08 bits per heavy atom. The number of carbonyl (C=O) groups excluding carboxylic acids is 1. The molecular formula is C16H24F3N3O2. The lowest BCUT2D eigenvalue weighted by atomic mass is 9.85. The summed E-state index contributed by atoms with van der Waals surface area (Å²) in [4.78, 5) is 14.1. The summed E-state index contributed by atoms with van der Waals surface area (Å²) >= 11 is 0. The van der Waals surface area contributed by atoms with E-state index < -0.39 is 18.5 Å². The van der Waals surface area contributed by atoms with Crippen molar-refractivity contribution in [3.63, 3.8) is 0 Å². The van der Waals surface area contributed by atoms with Crippen LogP contribution in [-0.2, 0) is 23.9 Å². The zero-order chi connectivity index (χ0) is 17.9. The zero-order valence-corrected chi connectivity index (χ0v) is 14.0. The molecule has 136 valence electrons. The van der Waals surface area contributed by atoms with Gasteiger partial charge in [0, 0.05) is 31.5 Å². The fourth-order valence-electron chi connectivity index (χ4n) is 3.39. The van der Waals surface area contributed by atoms with Crippen molar-refractivity contribution in [2.45, 2.75) is 57.8 Å². The van der Waals surface area contributed by atoms with Gasteiger partial charge in [0.15, 0.2) is 5.69 Å². The average Bonchev–Trinajstić information content (AvgIpc) is 2.90. The number of halogens is 3. The number of alkyl halides is 3. The number of hydrogen-bond acceptors (Lipinski definition) is 3. The summed E-state index contributed by atoms with van der Waals surface area (Å²) in [5.41, 5.74) is -1.12. The lowest BCUT2D eigenvalue weighted by Gasteiger charge is -2.36. The number of aliphatic hydroxyl groups excluding tert-OH is 1. The topological polar surface area (TPSA) is 58.4 Å². The molecule has 5 nitrogen and oxygen atoms in total. The van der Waals surface area contributed by atoms with Gasteiger partial charge in [0.25, 0.3) is 0 Å². The molecule has 2 unspecified atom stereocenters. The van der Waals surface area contributed by atoms with Crippen molar-refractivity contribution >= 4 is 5.91 Å². The van der Waals surface area contributed by atoms with Gasteiger partial charge in [0.2, 0.25) is 5.91 Å². The number of amides is 1. The molecule has 0 aromatic carbocycles. The molecule has 0 aliphatic heterocycles. The molecule has 1 aliphatic carbocycles. The van der Waals surface area contributed by atoms with E-state index in [0.29, 0.717) is 5.92 Å². The molecule has 1 aliphatic rings. The van der Waals surface area contributed by atoms with Crippen LogP contribution in [0.1, 0.15) is 43.9 Å². The second-order valence-electron chi connectivity index (χ2n) is 6.51. The van der Waals surface area contributed by atoms with Gasteiger partial charge in [-0.25, -0.2) is 0 Å². The third kappa shape index (κ3) is 4.28. The highest BCUT2D eigenvalue weighted by Gasteiger charge is 2.37. The summed E-state index contributed by atoms with van der Waals surface area (Å²) < 4.78 is 39.9. The van der Waals surface area contributed by atoms with Crippen LogP contribution in [0, 0.1) is 5.92 Å². The first kappa shape index (κ1) is 18.8. The smallest absolute Gasteiger partial charge is 0.396 e. The monoisotopic (exact) mass is 347 g/mol. The highest BCUT2D eigenvalue weighted by molar-refractivity contribution is 5.76. The van der Waals surface area contributed by atoms with E-state index in [0.717, 1.165) is 30.4 Å². The first-order valence-corrected chi connectivity index (χ1v) is 8.24. The second-order valence-corrected chi connectivity index (χ2v) is 6.51. The lowest BCUT2D eigenvalue weighted by molar-refractivity contribution is -0.143. The highest BCUT2D eigenvalue weighted by atomic mass is 19.4. The van der Waals surface area contributed by atoms with Crippen molar-refractivity contribution in [3.05, 3.63) is 17.5 Å². The fourth-order valence-corrected chi connectivity index (χ4v) is 3.39. The molecule has 0 radical (unpaired) electrons. The molecule has 1 saturated carbocycles. The van der Waals surface area contributed by atoms with Crippen LogP contribution < -0.4 is 0 Å². The van der Waals surface area contributed by atoms with E-state index in [1.54, 1.807) is 11.9 Å².